The molecule has 2 rings (SSSR count). The fraction of sp³-hybridized carbons (Fsp3) is 0.391. The van der Waals surface area contributed by atoms with Crippen LogP contribution in [0.4, 0.5) is 4.39 Å². The molecule has 0 aromatic heterocycles. The van der Waals surface area contributed by atoms with Crippen molar-refractivity contribution in [1.82, 2.24) is 10.6 Å². The molecule has 4 nitrogen and oxygen atoms in total. The zero-order chi connectivity index (χ0) is 20.7. The number of benzene rings is 2. The summed E-state index contributed by atoms with van der Waals surface area (Å²) >= 11 is 0. The Labute approximate surface area is 166 Å². The molecule has 2 atom stereocenters. The molecule has 2 aromatic carbocycles. The van der Waals surface area contributed by atoms with Crippen LogP contribution in [0.5, 0.6) is 0 Å². The number of nitrogens with one attached hydrogen (secondary N) is 2. The fourth-order valence-corrected chi connectivity index (χ4v) is 2.89. The van der Waals surface area contributed by atoms with E-state index >= 15 is 0 Å². The molecule has 0 aliphatic rings. The lowest BCUT2D eigenvalue weighted by Crippen LogP contribution is -2.51. The first-order valence-electron chi connectivity index (χ1n) is 9.59. The molecule has 0 aliphatic carbocycles. The molecule has 5 heteroatoms. The topological polar surface area (TPSA) is 64.9 Å². The first-order chi connectivity index (χ1) is 13.3. The van der Waals surface area contributed by atoms with Crippen molar-refractivity contribution in [3.8, 4) is 6.07 Å². The number of rotatable bonds is 8. The summed E-state index contributed by atoms with van der Waals surface area (Å²) in [7, 11) is 0. The number of carbonyl (C=O) groups excluding carboxylic acids is 1. The van der Waals surface area contributed by atoms with Gasteiger partial charge in [-0.1, -0.05) is 57.2 Å². The Morgan fingerprint density at radius 3 is 2.39 bits per heavy atom. The average molecular weight is 381 g/mol. The minimum absolute atomic E-state index is 0.0146. The van der Waals surface area contributed by atoms with Crippen molar-refractivity contribution in [1.29, 1.82) is 5.26 Å². The molecule has 148 valence electrons. The van der Waals surface area contributed by atoms with Crippen molar-refractivity contribution in [3.05, 3.63) is 71.0 Å². The van der Waals surface area contributed by atoms with Gasteiger partial charge in [0.05, 0.1) is 18.7 Å². The number of aryl methyl sites for hydroxylation is 1. The van der Waals surface area contributed by atoms with Gasteiger partial charge in [0.2, 0.25) is 5.91 Å². The number of nitriles is 1. The van der Waals surface area contributed by atoms with Gasteiger partial charge < -0.3 is 5.32 Å². The smallest absolute Gasteiger partial charge is 0.235 e. The number of nitrogens with zero attached hydrogens (tertiary/aromatic N) is 1. The normalized spacial score (nSPS) is 14.2. The molecular weight excluding hydrogens is 353 g/mol. The van der Waals surface area contributed by atoms with Crippen LogP contribution in [0.2, 0.25) is 0 Å². The van der Waals surface area contributed by atoms with E-state index in [0.29, 0.717) is 0 Å². The number of amides is 1. The predicted molar refractivity (Wildman–Crippen MR) is 109 cm³/mol. The van der Waals surface area contributed by atoms with E-state index in [-0.39, 0.29) is 30.2 Å². The Morgan fingerprint density at radius 2 is 1.86 bits per heavy atom. The Balaban J connectivity index is 2.20. The van der Waals surface area contributed by atoms with Crippen LogP contribution in [0.3, 0.4) is 0 Å². The molecule has 0 radical (unpaired) electrons. The zero-order valence-corrected chi connectivity index (χ0v) is 16.9. The fourth-order valence-electron chi connectivity index (χ4n) is 2.89. The first-order valence-corrected chi connectivity index (χ1v) is 9.59. The van der Waals surface area contributed by atoms with Crippen molar-refractivity contribution < 1.29 is 9.18 Å². The second kappa shape index (κ2) is 9.48. The van der Waals surface area contributed by atoms with Crippen LogP contribution in [0, 0.1) is 23.1 Å². The van der Waals surface area contributed by atoms with Crippen LogP contribution in [0.1, 0.15) is 50.4 Å². The summed E-state index contributed by atoms with van der Waals surface area (Å²) in [6.45, 7) is 7.59. The lowest BCUT2D eigenvalue weighted by atomic mass is 9.90. The number of hydrogen-bond acceptors (Lipinski definition) is 3. The molecule has 2 N–H and O–H groups in total. The number of hydrogen-bond donors (Lipinski definition) is 2. The zero-order valence-electron chi connectivity index (χ0n) is 16.9. The lowest BCUT2D eigenvalue weighted by Gasteiger charge is -2.28. The van der Waals surface area contributed by atoms with E-state index in [1.165, 1.54) is 17.7 Å². The van der Waals surface area contributed by atoms with Crippen molar-refractivity contribution in [2.45, 2.75) is 45.7 Å². The van der Waals surface area contributed by atoms with E-state index in [4.69, 9.17) is 0 Å². The SMILES string of the molecule is CCc1ccc([C@@H](NCC(=O)N[C@](C)(C#N)C(C)C)c2cccc(F)c2)cc1. The molecule has 0 heterocycles. The highest BCUT2D eigenvalue weighted by Gasteiger charge is 2.30. The summed E-state index contributed by atoms with van der Waals surface area (Å²) in [5, 5.41) is 15.4. The third kappa shape index (κ3) is 5.40. The molecule has 2 aromatic rings. The molecular formula is C23H28FN3O. The van der Waals surface area contributed by atoms with Crippen LogP contribution in [-0.2, 0) is 11.2 Å². The van der Waals surface area contributed by atoms with E-state index in [1.807, 2.05) is 44.2 Å². The van der Waals surface area contributed by atoms with E-state index in [9.17, 15) is 14.4 Å². The molecule has 0 unspecified atom stereocenters. The van der Waals surface area contributed by atoms with Gasteiger partial charge in [-0.2, -0.15) is 5.26 Å². The highest BCUT2D eigenvalue weighted by molar-refractivity contribution is 5.79. The predicted octanol–water partition coefficient (Wildman–Crippen LogP) is 4.12. The number of halogens is 1. The van der Waals surface area contributed by atoms with Crippen molar-refractivity contribution >= 4 is 5.91 Å². The maximum atomic E-state index is 13.8. The Morgan fingerprint density at radius 1 is 1.18 bits per heavy atom. The quantitative estimate of drug-likeness (QED) is 0.723. The highest BCUT2D eigenvalue weighted by atomic mass is 19.1. The Hall–Kier alpha value is -2.71. The summed E-state index contributed by atoms with van der Waals surface area (Å²) in [5.74, 6) is -0.623. The third-order valence-electron chi connectivity index (χ3n) is 5.16. The van der Waals surface area contributed by atoms with Crippen LogP contribution in [0.25, 0.3) is 0 Å². The molecule has 0 fully saturated rings. The van der Waals surface area contributed by atoms with Gasteiger partial charge in [0.15, 0.2) is 0 Å². The summed E-state index contributed by atoms with van der Waals surface area (Å²) in [6, 6.07) is 16.3. The largest absolute Gasteiger partial charge is 0.337 e. The molecule has 0 aliphatic heterocycles. The maximum absolute atomic E-state index is 13.8. The first kappa shape index (κ1) is 21.6. The second-order valence-electron chi connectivity index (χ2n) is 7.48. The van der Waals surface area contributed by atoms with E-state index in [0.717, 1.165) is 17.5 Å². The molecule has 1 amide bonds. The van der Waals surface area contributed by atoms with Crippen LogP contribution >= 0.6 is 0 Å². The third-order valence-corrected chi connectivity index (χ3v) is 5.16. The minimum Gasteiger partial charge on any atom is -0.337 e. The van der Waals surface area contributed by atoms with Gasteiger partial charge in [-0.3, -0.25) is 10.1 Å². The molecule has 28 heavy (non-hydrogen) atoms. The van der Waals surface area contributed by atoms with Crippen LogP contribution in [-0.4, -0.2) is 18.0 Å². The van der Waals surface area contributed by atoms with Gasteiger partial charge in [-0.15, -0.1) is 0 Å². The van der Waals surface area contributed by atoms with Crippen molar-refractivity contribution in [3.63, 3.8) is 0 Å². The van der Waals surface area contributed by atoms with Gasteiger partial charge in [-0.25, -0.2) is 4.39 Å². The van der Waals surface area contributed by atoms with Gasteiger partial charge >= 0.3 is 0 Å². The molecule has 0 saturated carbocycles. The van der Waals surface area contributed by atoms with E-state index in [2.05, 4.69) is 23.6 Å². The van der Waals surface area contributed by atoms with Gasteiger partial charge in [0, 0.05) is 0 Å². The summed E-state index contributed by atoms with van der Waals surface area (Å²) in [4.78, 5) is 12.5. The summed E-state index contributed by atoms with van der Waals surface area (Å²) in [5.41, 5.74) is 1.96. The maximum Gasteiger partial charge on any atom is 0.235 e. The van der Waals surface area contributed by atoms with Gasteiger partial charge in [-0.05, 0) is 48.1 Å². The standard InChI is InChI=1S/C23H28FN3O/c1-5-17-9-11-18(12-10-17)22(19-7-6-8-20(24)13-19)26-14-21(28)27-23(4,15-25)16(2)3/h6-13,16,22,26H,5,14H2,1-4H3,(H,27,28)/t22-,23-/m1/s1. The number of carbonyl (C=O) groups is 1. The Kier molecular flexibility index (Phi) is 7.31. The summed E-state index contributed by atoms with van der Waals surface area (Å²) in [6.07, 6.45) is 0.933. The van der Waals surface area contributed by atoms with E-state index < -0.39 is 5.54 Å². The molecule has 0 saturated heterocycles. The van der Waals surface area contributed by atoms with Gasteiger partial charge in [0.25, 0.3) is 0 Å². The van der Waals surface area contributed by atoms with Crippen LogP contribution < -0.4 is 10.6 Å². The molecule has 0 spiro atoms. The van der Waals surface area contributed by atoms with E-state index in [1.54, 1.807) is 13.0 Å². The van der Waals surface area contributed by atoms with Crippen LogP contribution in [0.15, 0.2) is 48.5 Å². The Bertz CT molecular complexity index is 842. The highest BCUT2D eigenvalue weighted by Crippen LogP contribution is 2.23. The van der Waals surface area contributed by atoms with Crippen molar-refractivity contribution in [2.24, 2.45) is 5.92 Å². The lowest BCUT2D eigenvalue weighted by molar-refractivity contribution is -0.121. The summed E-state index contributed by atoms with van der Waals surface area (Å²) < 4.78 is 13.8. The molecule has 0 bridgehead atoms. The average Bonchev–Trinajstić information content (AvgIpc) is 2.68. The monoisotopic (exact) mass is 381 g/mol. The van der Waals surface area contributed by atoms with Crippen molar-refractivity contribution in [2.75, 3.05) is 6.54 Å². The second-order valence-corrected chi connectivity index (χ2v) is 7.48. The van der Waals surface area contributed by atoms with Gasteiger partial charge in [0.1, 0.15) is 11.4 Å². The minimum atomic E-state index is -0.935.